The number of fused-ring (bicyclic) bond motifs is 1. The first-order valence-corrected chi connectivity index (χ1v) is 10.5. The number of H-pyrrole nitrogens is 1. The molecular formula is C20H15Cl2N5O2S. The van der Waals surface area contributed by atoms with Gasteiger partial charge in [-0.3, -0.25) is 9.59 Å². The van der Waals surface area contributed by atoms with Gasteiger partial charge in [-0.05, 0) is 31.2 Å². The molecule has 0 radical (unpaired) electrons. The van der Waals surface area contributed by atoms with Gasteiger partial charge in [0.2, 0.25) is 5.91 Å². The van der Waals surface area contributed by atoms with E-state index >= 15 is 0 Å². The fourth-order valence-electron chi connectivity index (χ4n) is 2.77. The predicted octanol–water partition coefficient (Wildman–Crippen LogP) is 4.53. The number of anilines is 1. The van der Waals surface area contributed by atoms with Crippen LogP contribution in [-0.4, -0.2) is 30.9 Å². The lowest BCUT2D eigenvalue weighted by Gasteiger charge is -2.13. The quantitative estimate of drug-likeness (QED) is 0.337. The molecule has 0 aliphatic carbocycles. The van der Waals surface area contributed by atoms with E-state index in [4.69, 9.17) is 23.2 Å². The Morgan fingerprint density at radius 2 is 1.93 bits per heavy atom. The summed E-state index contributed by atoms with van der Waals surface area (Å²) in [5.41, 5.74) is 1.29. The Hall–Kier alpha value is -2.81. The third-order valence-corrected chi connectivity index (χ3v) is 6.09. The van der Waals surface area contributed by atoms with E-state index in [1.165, 1.54) is 6.20 Å². The zero-order chi connectivity index (χ0) is 21.3. The molecule has 4 aromatic rings. The molecule has 0 aliphatic heterocycles. The number of benzene rings is 2. The van der Waals surface area contributed by atoms with Crippen molar-refractivity contribution in [3.63, 3.8) is 0 Å². The molecule has 1 atom stereocenters. The largest absolute Gasteiger partial charge is 0.324 e. The van der Waals surface area contributed by atoms with Gasteiger partial charge in [0, 0.05) is 0 Å². The van der Waals surface area contributed by atoms with Gasteiger partial charge < -0.3 is 10.3 Å². The number of aromatic amines is 1. The normalized spacial score (nSPS) is 12.1. The summed E-state index contributed by atoms with van der Waals surface area (Å²) in [5.74, 6) is -0.302. The lowest BCUT2D eigenvalue weighted by molar-refractivity contribution is -0.115. The highest BCUT2D eigenvalue weighted by Gasteiger charge is 2.19. The number of nitrogens with one attached hydrogen (secondary N) is 2. The second-order valence-electron chi connectivity index (χ2n) is 6.35. The van der Waals surface area contributed by atoms with Gasteiger partial charge in [-0.1, -0.05) is 59.2 Å². The van der Waals surface area contributed by atoms with Crippen LogP contribution in [0.5, 0.6) is 0 Å². The molecule has 0 bridgehead atoms. The van der Waals surface area contributed by atoms with Crippen molar-refractivity contribution in [3.8, 4) is 5.69 Å². The molecule has 1 amide bonds. The summed E-state index contributed by atoms with van der Waals surface area (Å²) in [6.45, 7) is 1.71. The van der Waals surface area contributed by atoms with Gasteiger partial charge in [0.05, 0.1) is 32.9 Å². The monoisotopic (exact) mass is 459 g/mol. The van der Waals surface area contributed by atoms with Crippen molar-refractivity contribution in [2.45, 2.75) is 17.3 Å². The Morgan fingerprint density at radius 3 is 2.70 bits per heavy atom. The van der Waals surface area contributed by atoms with E-state index in [1.54, 1.807) is 29.8 Å². The van der Waals surface area contributed by atoms with E-state index < -0.39 is 5.25 Å². The fourth-order valence-corrected chi connectivity index (χ4v) is 3.91. The Bertz CT molecular complexity index is 1290. The van der Waals surface area contributed by atoms with Gasteiger partial charge in [0.1, 0.15) is 5.39 Å². The summed E-state index contributed by atoms with van der Waals surface area (Å²) in [7, 11) is 0. The number of carbonyl (C=O) groups excluding carboxylic acids is 1. The van der Waals surface area contributed by atoms with Crippen LogP contribution in [-0.2, 0) is 4.79 Å². The zero-order valence-corrected chi connectivity index (χ0v) is 17.9. The summed E-state index contributed by atoms with van der Waals surface area (Å²) < 4.78 is 1.59. The SMILES string of the molecule is CC(Sc1nc2c(cnn2-c2ccccc2)c(=O)[nH]1)C(=O)Nc1cccc(Cl)c1Cl. The molecule has 0 saturated carbocycles. The standard InChI is InChI=1S/C20H15Cl2N5O2S/c1-11(18(28)24-15-9-5-8-14(21)16(15)22)30-20-25-17-13(19(29)26-20)10-23-27(17)12-6-3-2-4-7-12/h2-11H,1H3,(H,24,28)(H,25,26,29). The Kier molecular flexibility index (Phi) is 5.80. The van der Waals surface area contributed by atoms with Crippen molar-refractivity contribution < 1.29 is 4.79 Å². The molecule has 0 fully saturated rings. The first-order valence-electron chi connectivity index (χ1n) is 8.89. The van der Waals surface area contributed by atoms with E-state index in [0.717, 1.165) is 17.4 Å². The number of thioether (sulfide) groups is 1. The molecule has 30 heavy (non-hydrogen) atoms. The Labute approximate surface area is 185 Å². The summed E-state index contributed by atoms with van der Waals surface area (Å²) in [6, 6.07) is 14.4. The van der Waals surface area contributed by atoms with E-state index in [1.807, 2.05) is 30.3 Å². The number of hydrogen-bond acceptors (Lipinski definition) is 5. The van der Waals surface area contributed by atoms with Gasteiger partial charge >= 0.3 is 0 Å². The molecule has 2 aromatic heterocycles. The molecule has 10 heteroatoms. The van der Waals surface area contributed by atoms with Crippen molar-refractivity contribution >= 4 is 57.6 Å². The van der Waals surface area contributed by atoms with Crippen molar-refractivity contribution in [1.29, 1.82) is 0 Å². The summed E-state index contributed by atoms with van der Waals surface area (Å²) in [5, 5.41) is 7.75. The number of hydrogen-bond donors (Lipinski definition) is 2. The maximum atomic E-state index is 12.6. The number of carbonyl (C=O) groups is 1. The lowest BCUT2D eigenvalue weighted by Crippen LogP contribution is -2.23. The maximum Gasteiger partial charge on any atom is 0.262 e. The van der Waals surface area contributed by atoms with Crippen LogP contribution < -0.4 is 10.9 Å². The van der Waals surface area contributed by atoms with Gasteiger partial charge in [-0.2, -0.15) is 5.10 Å². The van der Waals surface area contributed by atoms with Crippen LogP contribution in [0, 0.1) is 0 Å². The third kappa shape index (κ3) is 4.07. The molecule has 152 valence electrons. The summed E-state index contributed by atoms with van der Waals surface area (Å²) in [6.07, 6.45) is 1.47. The number of aromatic nitrogens is 4. The molecule has 2 N–H and O–H groups in total. The molecule has 4 rings (SSSR count). The number of nitrogens with zero attached hydrogens (tertiary/aromatic N) is 3. The van der Waals surface area contributed by atoms with E-state index in [-0.39, 0.29) is 16.5 Å². The van der Waals surface area contributed by atoms with Gasteiger partial charge in [0.25, 0.3) is 5.56 Å². The molecule has 0 aliphatic rings. The van der Waals surface area contributed by atoms with Crippen LogP contribution in [0.1, 0.15) is 6.92 Å². The minimum Gasteiger partial charge on any atom is -0.324 e. The Morgan fingerprint density at radius 1 is 1.17 bits per heavy atom. The first-order chi connectivity index (χ1) is 14.4. The molecule has 0 saturated heterocycles. The summed E-state index contributed by atoms with van der Waals surface area (Å²) >= 11 is 13.2. The maximum absolute atomic E-state index is 12.6. The van der Waals surface area contributed by atoms with Crippen LogP contribution in [0.3, 0.4) is 0 Å². The number of amides is 1. The minimum atomic E-state index is -0.561. The predicted molar refractivity (Wildman–Crippen MR) is 120 cm³/mol. The van der Waals surface area contributed by atoms with Gasteiger partial charge in [-0.15, -0.1) is 0 Å². The smallest absolute Gasteiger partial charge is 0.262 e. The highest BCUT2D eigenvalue weighted by atomic mass is 35.5. The van der Waals surface area contributed by atoms with Crippen molar-refractivity contribution in [1.82, 2.24) is 19.7 Å². The number of halogens is 2. The molecule has 7 nitrogen and oxygen atoms in total. The molecule has 2 heterocycles. The molecule has 2 aromatic carbocycles. The van der Waals surface area contributed by atoms with E-state index in [2.05, 4.69) is 20.4 Å². The van der Waals surface area contributed by atoms with Crippen LogP contribution in [0.4, 0.5) is 5.69 Å². The topological polar surface area (TPSA) is 92.7 Å². The van der Waals surface area contributed by atoms with E-state index in [0.29, 0.717) is 26.9 Å². The van der Waals surface area contributed by atoms with Crippen molar-refractivity contribution in [2.24, 2.45) is 0 Å². The molecular weight excluding hydrogens is 445 g/mol. The highest BCUT2D eigenvalue weighted by molar-refractivity contribution is 8.00. The second-order valence-corrected chi connectivity index (χ2v) is 8.47. The summed E-state index contributed by atoms with van der Waals surface area (Å²) in [4.78, 5) is 32.3. The molecule has 0 spiro atoms. The minimum absolute atomic E-state index is 0.268. The lowest BCUT2D eigenvalue weighted by atomic mass is 10.3. The average molecular weight is 460 g/mol. The van der Waals surface area contributed by atoms with E-state index in [9.17, 15) is 9.59 Å². The van der Waals surface area contributed by atoms with Crippen LogP contribution in [0.15, 0.2) is 64.7 Å². The third-order valence-electron chi connectivity index (χ3n) is 4.28. The fraction of sp³-hybridized carbons (Fsp3) is 0.100. The Balaban J connectivity index is 1.59. The van der Waals surface area contributed by atoms with Crippen LogP contribution in [0.25, 0.3) is 16.7 Å². The second kappa shape index (κ2) is 8.51. The van der Waals surface area contributed by atoms with Gasteiger partial charge in [-0.25, -0.2) is 9.67 Å². The average Bonchev–Trinajstić information content (AvgIpc) is 3.16. The highest BCUT2D eigenvalue weighted by Crippen LogP contribution is 2.30. The number of para-hydroxylation sites is 1. The molecule has 1 unspecified atom stereocenters. The zero-order valence-electron chi connectivity index (χ0n) is 15.6. The van der Waals surface area contributed by atoms with Crippen LogP contribution in [0.2, 0.25) is 10.0 Å². The van der Waals surface area contributed by atoms with Crippen molar-refractivity contribution in [3.05, 3.63) is 75.1 Å². The number of rotatable bonds is 5. The van der Waals surface area contributed by atoms with Crippen molar-refractivity contribution in [2.75, 3.05) is 5.32 Å². The van der Waals surface area contributed by atoms with Crippen LogP contribution >= 0.6 is 35.0 Å². The first kappa shape index (κ1) is 20.5. The van der Waals surface area contributed by atoms with Gasteiger partial charge in [0.15, 0.2) is 10.8 Å².